The topological polar surface area (TPSA) is 63.0 Å². The lowest BCUT2D eigenvalue weighted by Crippen LogP contribution is -2.05. The molecular formula is C14H10N2O2. The molecule has 0 radical (unpaired) electrons. The van der Waals surface area contributed by atoms with Gasteiger partial charge in [0.1, 0.15) is 18.4 Å². The first-order valence-corrected chi connectivity index (χ1v) is 5.37. The molecule has 88 valence electrons. The molecule has 0 unspecified atom stereocenters. The van der Waals surface area contributed by atoms with E-state index in [2.05, 4.69) is 4.98 Å². The molecule has 1 aromatic heterocycles. The number of nitrogens with zero attached hydrogens (tertiary/aromatic N) is 2. The van der Waals surface area contributed by atoms with Crippen molar-refractivity contribution in [2.24, 2.45) is 0 Å². The smallest absolute Gasteiger partial charge is 0.338 e. The van der Waals surface area contributed by atoms with Crippen molar-refractivity contribution in [2.75, 3.05) is 0 Å². The van der Waals surface area contributed by atoms with Gasteiger partial charge in [-0.15, -0.1) is 0 Å². The van der Waals surface area contributed by atoms with Gasteiger partial charge in [-0.2, -0.15) is 5.26 Å². The average molecular weight is 238 g/mol. The molecule has 0 amide bonds. The number of ether oxygens (including phenoxy) is 1. The number of rotatable bonds is 3. The molecule has 0 fully saturated rings. The van der Waals surface area contributed by atoms with Gasteiger partial charge < -0.3 is 4.74 Å². The van der Waals surface area contributed by atoms with E-state index in [1.807, 2.05) is 12.1 Å². The summed E-state index contributed by atoms with van der Waals surface area (Å²) in [7, 11) is 0. The number of esters is 1. The van der Waals surface area contributed by atoms with Crippen LogP contribution in [0.1, 0.15) is 21.6 Å². The molecule has 0 aliphatic rings. The van der Waals surface area contributed by atoms with E-state index in [1.54, 1.807) is 36.4 Å². The second-order valence-electron chi connectivity index (χ2n) is 3.60. The molecule has 2 rings (SSSR count). The summed E-state index contributed by atoms with van der Waals surface area (Å²) in [5, 5.41) is 8.70. The Morgan fingerprint density at radius 1 is 1.28 bits per heavy atom. The largest absolute Gasteiger partial charge is 0.457 e. The monoisotopic (exact) mass is 238 g/mol. The Kier molecular flexibility index (Phi) is 3.67. The number of pyridine rings is 1. The van der Waals surface area contributed by atoms with Gasteiger partial charge in [0.15, 0.2) is 0 Å². The lowest BCUT2D eigenvalue weighted by atomic mass is 10.2. The van der Waals surface area contributed by atoms with Crippen LogP contribution in [0, 0.1) is 11.3 Å². The van der Waals surface area contributed by atoms with Gasteiger partial charge in [-0.1, -0.05) is 18.2 Å². The molecule has 1 aromatic carbocycles. The second-order valence-corrected chi connectivity index (χ2v) is 3.60. The molecule has 4 heteroatoms. The first-order chi connectivity index (χ1) is 8.79. The predicted octanol–water partition coefficient (Wildman–Crippen LogP) is 2.31. The van der Waals surface area contributed by atoms with Crippen LogP contribution in [-0.2, 0) is 11.3 Å². The Bertz CT molecular complexity index is 588. The van der Waals surface area contributed by atoms with Crippen LogP contribution >= 0.6 is 0 Å². The van der Waals surface area contributed by atoms with Gasteiger partial charge >= 0.3 is 5.97 Å². The molecule has 0 atom stereocenters. The fourth-order valence-electron chi connectivity index (χ4n) is 1.43. The van der Waals surface area contributed by atoms with E-state index < -0.39 is 0 Å². The third kappa shape index (κ3) is 2.92. The highest BCUT2D eigenvalue weighted by atomic mass is 16.5. The quantitative estimate of drug-likeness (QED) is 0.770. The van der Waals surface area contributed by atoms with Gasteiger partial charge in [-0.3, -0.25) is 0 Å². The van der Waals surface area contributed by atoms with E-state index >= 15 is 0 Å². The second kappa shape index (κ2) is 5.60. The number of aromatic nitrogens is 1. The van der Waals surface area contributed by atoms with Gasteiger partial charge in [-0.05, 0) is 29.8 Å². The zero-order valence-corrected chi connectivity index (χ0v) is 9.54. The first kappa shape index (κ1) is 11.8. The van der Waals surface area contributed by atoms with Crippen molar-refractivity contribution in [3.63, 3.8) is 0 Å². The summed E-state index contributed by atoms with van der Waals surface area (Å²) in [6.45, 7) is 0.130. The summed E-state index contributed by atoms with van der Waals surface area (Å²) in [5.41, 5.74) is 1.56. The molecule has 0 aliphatic heterocycles. The summed E-state index contributed by atoms with van der Waals surface area (Å²) in [6, 6.07) is 14.0. The van der Waals surface area contributed by atoms with E-state index in [-0.39, 0.29) is 12.6 Å². The molecule has 2 aromatic rings. The minimum Gasteiger partial charge on any atom is -0.457 e. The maximum absolute atomic E-state index is 11.7. The molecule has 4 nitrogen and oxygen atoms in total. The third-order valence-corrected chi connectivity index (χ3v) is 2.32. The molecule has 0 bridgehead atoms. The van der Waals surface area contributed by atoms with Gasteiger partial charge in [0.2, 0.25) is 0 Å². The third-order valence-electron chi connectivity index (χ3n) is 2.32. The Morgan fingerprint density at radius 3 is 2.78 bits per heavy atom. The van der Waals surface area contributed by atoms with Crippen LogP contribution in [0.5, 0.6) is 0 Å². The summed E-state index contributed by atoms with van der Waals surface area (Å²) in [4.78, 5) is 15.5. The maximum Gasteiger partial charge on any atom is 0.338 e. The SMILES string of the molecule is N#Cc1cc(COC(=O)c2ccccc2)ccn1. The zero-order valence-electron chi connectivity index (χ0n) is 9.54. The minimum atomic E-state index is -0.383. The molecule has 0 N–H and O–H groups in total. The number of nitriles is 1. The van der Waals surface area contributed by atoms with Crippen molar-refractivity contribution < 1.29 is 9.53 Å². The van der Waals surface area contributed by atoms with Crippen molar-refractivity contribution >= 4 is 5.97 Å². The van der Waals surface area contributed by atoms with Crippen molar-refractivity contribution in [1.82, 2.24) is 4.98 Å². The number of carbonyl (C=O) groups excluding carboxylic acids is 1. The molecule has 0 saturated carbocycles. The number of carbonyl (C=O) groups is 1. The number of benzene rings is 1. The fraction of sp³-hybridized carbons (Fsp3) is 0.0714. The van der Waals surface area contributed by atoms with Crippen LogP contribution in [0.3, 0.4) is 0 Å². The molecule has 0 spiro atoms. The zero-order chi connectivity index (χ0) is 12.8. The van der Waals surface area contributed by atoms with E-state index in [1.165, 1.54) is 6.20 Å². The highest BCUT2D eigenvalue weighted by Crippen LogP contribution is 2.06. The molecular weight excluding hydrogens is 228 g/mol. The molecule has 0 saturated heterocycles. The van der Waals surface area contributed by atoms with E-state index in [9.17, 15) is 4.79 Å². The Morgan fingerprint density at radius 2 is 2.06 bits per heavy atom. The van der Waals surface area contributed by atoms with Crippen LogP contribution in [0.15, 0.2) is 48.7 Å². The Labute approximate surface area is 104 Å². The van der Waals surface area contributed by atoms with Crippen LogP contribution in [0.25, 0.3) is 0 Å². The van der Waals surface area contributed by atoms with Gasteiger partial charge in [-0.25, -0.2) is 9.78 Å². The lowest BCUT2D eigenvalue weighted by molar-refractivity contribution is 0.0472. The van der Waals surface area contributed by atoms with Crippen LogP contribution < -0.4 is 0 Å². The lowest BCUT2D eigenvalue weighted by Gasteiger charge is -2.04. The summed E-state index contributed by atoms with van der Waals surface area (Å²) < 4.78 is 5.14. The Balaban J connectivity index is 2.00. The number of hydrogen-bond donors (Lipinski definition) is 0. The Hall–Kier alpha value is -2.67. The average Bonchev–Trinajstić information content (AvgIpc) is 2.46. The van der Waals surface area contributed by atoms with Crippen LogP contribution in [0.2, 0.25) is 0 Å². The number of hydrogen-bond acceptors (Lipinski definition) is 4. The minimum absolute atomic E-state index is 0.130. The van der Waals surface area contributed by atoms with E-state index in [4.69, 9.17) is 10.00 Å². The van der Waals surface area contributed by atoms with Crippen LogP contribution in [-0.4, -0.2) is 11.0 Å². The van der Waals surface area contributed by atoms with E-state index in [0.717, 1.165) is 5.56 Å². The molecule has 18 heavy (non-hydrogen) atoms. The molecule has 0 aliphatic carbocycles. The standard InChI is InChI=1S/C14H10N2O2/c15-9-13-8-11(6-7-16-13)10-18-14(17)12-4-2-1-3-5-12/h1-8H,10H2. The van der Waals surface area contributed by atoms with E-state index in [0.29, 0.717) is 11.3 Å². The normalized spacial score (nSPS) is 9.50. The van der Waals surface area contributed by atoms with Gasteiger partial charge in [0.25, 0.3) is 0 Å². The van der Waals surface area contributed by atoms with Crippen LogP contribution in [0.4, 0.5) is 0 Å². The maximum atomic E-state index is 11.7. The summed E-state index contributed by atoms with van der Waals surface area (Å²) in [5.74, 6) is -0.383. The van der Waals surface area contributed by atoms with Crippen molar-refractivity contribution in [3.8, 4) is 6.07 Å². The highest BCUT2D eigenvalue weighted by Gasteiger charge is 2.06. The van der Waals surface area contributed by atoms with Crippen molar-refractivity contribution in [2.45, 2.75) is 6.61 Å². The van der Waals surface area contributed by atoms with Crippen molar-refractivity contribution in [3.05, 3.63) is 65.5 Å². The summed E-state index contributed by atoms with van der Waals surface area (Å²) in [6.07, 6.45) is 1.52. The predicted molar refractivity (Wildman–Crippen MR) is 64.5 cm³/mol. The van der Waals surface area contributed by atoms with Gasteiger partial charge in [0, 0.05) is 6.20 Å². The van der Waals surface area contributed by atoms with Crippen molar-refractivity contribution in [1.29, 1.82) is 5.26 Å². The summed E-state index contributed by atoms with van der Waals surface area (Å²) >= 11 is 0. The fourth-order valence-corrected chi connectivity index (χ4v) is 1.43. The van der Waals surface area contributed by atoms with Gasteiger partial charge in [0.05, 0.1) is 5.56 Å². The first-order valence-electron chi connectivity index (χ1n) is 5.37. The highest BCUT2D eigenvalue weighted by molar-refractivity contribution is 5.89. The molecule has 1 heterocycles.